The zero-order chi connectivity index (χ0) is 17.3. The van der Waals surface area contributed by atoms with Crippen molar-refractivity contribution in [3.8, 4) is 11.5 Å². The van der Waals surface area contributed by atoms with Crippen molar-refractivity contribution in [1.29, 1.82) is 0 Å². The van der Waals surface area contributed by atoms with Gasteiger partial charge in [0.25, 0.3) is 5.91 Å². The summed E-state index contributed by atoms with van der Waals surface area (Å²) in [5.41, 5.74) is 1.75. The molecule has 0 atom stereocenters. The molecule has 0 aliphatic carbocycles. The largest absolute Gasteiger partial charge is 0.495 e. The average Bonchev–Trinajstić information content (AvgIpc) is 2.98. The summed E-state index contributed by atoms with van der Waals surface area (Å²) in [4.78, 5) is 15.7. The van der Waals surface area contributed by atoms with Crippen LogP contribution in [0.15, 0.2) is 36.5 Å². The van der Waals surface area contributed by atoms with Gasteiger partial charge in [0, 0.05) is 34.3 Å². The number of aromatic nitrogens is 1. The molecule has 3 rings (SSSR count). The van der Waals surface area contributed by atoms with Crippen LogP contribution in [0.1, 0.15) is 10.4 Å². The molecule has 1 heterocycles. The SMILES string of the molecule is COc1cc(NC(=O)c2c[nH]c3cc(Cl)ccc23)c(OC)cc1Cl. The van der Waals surface area contributed by atoms with E-state index in [0.29, 0.717) is 32.8 Å². The molecule has 0 aliphatic rings. The van der Waals surface area contributed by atoms with Crippen molar-refractivity contribution in [2.24, 2.45) is 0 Å². The molecular weight excluding hydrogens is 351 g/mol. The van der Waals surface area contributed by atoms with E-state index in [2.05, 4.69) is 10.3 Å². The maximum absolute atomic E-state index is 12.6. The number of hydrogen-bond donors (Lipinski definition) is 2. The zero-order valence-electron chi connectivity index (χ0n) is 12.9. The number of methoxy groups -OCH3 is 2. The van der Waals surface area contributed by atoms with Gasteiger partial charge in [-0.15, -0.1) is 0 Å². The molecule has 0 fully saturated rings. The number of H-pyrrole nitrogens is 1. The van der Waals surface area contributed by atoms with Crippen LogP contribution in [0.3, 0.4) is 0 Å². The molecule has 0 unspecified atom stereocenters. The van der Waals surface area contributed by atoms with Gasteiger partial charge in [-0.3, -0.25) is 4.79 Å². The lowest BCUT2D eigenvalue weighted by atomic mass is 10.1. The van der Waals surface area contributed by atoms with Crippen LogP contribution in [-0.2, 0) is 0 Å². The van der Waals surface area contributed by atoms with Gasteiger partial charge in [0.15, 0.2) is 0 Å². The van der Waals surface area contributed by atoms with Crippen LogP contribution >= 0.6 is 23.2 Å². The highest BCUT2D eigenvalue weighted by atomic mass is 35.5. The first-order valence-corrected chi connectivity index (χ1v) is 7.78. The molecule has 0 aliphatic heterocycles. The Bertz CT molecular complexity index is 922. The van der Waals surface area contributed by atoms with Crippen LogP contribution in [0.5, 0.6) is 11.5 Å². The Hall–Kier alpha value is -2.37. The lowest BCUT2D eigenvalue weighted by molar-refractivity contribution is 0.102. The average molecular weight is 365 g/mol. The molecule has 0 bridgehead atoms. The van der Waals surface area contributed by atoms with Gasteiger partial charge < -0.3 is 19.8 Å². The van der Waals surface area contributed by atoms with Gasteiger partial charge in [0.1, 0.15) is 11.5 Å². The Morgan fingerprint density at radius 3 is 2.54 bits per heavy atom. The minimum absolute atomic E-state index is 0.286. The number of hydrogen-bond acceptors (Lipinski definition) is 3. The summed E-state index contributed by atoms with van der Waals surface area (Å²) in [5.74, 6) is 0.599. The Morgan fingerprint density at radius 1 is 1.08 bits per heavy atom. The fourth-order valence-corrected chi connectivity index (χ4v) is 2.84. The van der Waals surface area contributed by atoms with Crippen molar-refractivity contribution in [3.05, 3.63) is 52.1 Å². The third-order valence-electron chi connectivity index (χ3n) is 3.61. The van der Waals surface area contributed by atoms with Crippen molar-refractivity contribution < 1.29 is 14.3 Å². The highest BCUT2D eigenvalue weighted by Crippen LogP contribution is 2.36. The lowest BCUT2D eigenvalue weighted by Crippen LogP contribution is -2.12. The number of carbonyl (C=O) groups excluding carboxylic acids is 1. The Balaban J connectivity index is 1.97. The summed E-state index contributed by atoms with van der Waals surface area (Å²) < 4.78 is 10.4. The Morgan fingerprint density at radius 2 is 1.83 bits per heavy atom. The predicted molar refractivity (Wildman–Crippen MR) is 95.8 cm³/mol. The molecule has 124 valence electrons. The number of aromatic amines is 1. The van der Waals surface area contributed by atoms with Crippen LogP contribution in [0.2, 0.25) is 10.0 Å². The molecule has 0 radical (unpaired) electrons. The third kappa shape index (κ3) is 3.00. The minimum Gasteiger partial charge on any atom is -0.495 e. The van der Waals surface area contributed by atoms with Gasteiger partial charge in [-0.05, 0) is 12.1 Å². The summed E-state index contributed by atoms with van der Waals surface area (Å²) >= 11 is 12.0. The van der Waals surface area contributed by atoms with Gasteiger partial charge in [0.2, 0.25) is 0 Å². The summed E-state index contributed by atoms with van der Waals surface area (Å²) in [6.45, 7) is 0. The monoisotopic (exact) mass is 364 g/mol. The molecule has 1 aromatic heterocycles. The molecule has 0 spiro atoms. The summed E-state index contributed by atoms with van der Waals surface area (Å²) in [7, 11) is 3.00. The van der Waals surface area contributed by atoms with Gasteiger partial charge >= 0.3 is 0 Å². The lowest BCUT2D eigenvalue weighted by Gasteiger charge is -2.13. The fraction of sp³-hybridized carbons (Fsp3) is 0.118. The molecule has 7 heteroatoms. The summed E-state index contributed by atoms with van der Waals surface area (Å²) in [6, 6.07) is 8.50. The molecule has 2 N–H and O–H groups in total. The normalized spacial score (nSPS) is 10.7. The topological polar surface area (TPSA) is 63.3 Å². The molecular formula is C17H14Cl2N2O3. The Kier molecular flexibility index (Phi) is 4.55. The number of fused-ring (bicyclic) bond motifs is 1. The smallest absolute Gasteiger partial charge is 0.257 e. The summed E-state index contributed by atoms with van der Waals surface area (Å²) in [5, 5.41) is 4.59. The maximum atomic E-state index is 12.6. The molecule has 3 aromatic rings. The van der Waals surface area contributed by atoms with Gasteiger partial charge in [-0.2, -0.15) is 0 Å². The second-order valence-electron chi connectivity index (χ2n) is 5.03. The van der Waals surface area contributed by atoms with Gasteiger partial charge in [0.05, 0.1) is 30.5 Å². The van der Waals surface area contributed by atoms with Crippen LogP contribution in [0.4, 0.5) is 5.69 Å². The van der Waals surface area contributed by atoms with Crippen LogP contribution in [0, 0.1) is 0 Å². The predicted octanol–water partition coefficient (Wildman–Crippen LogP) is 4.74. The number of rotatable bonds is 4. The first-order valence-electron chi connectivity index (χ1n) is 7.03. The van der Waals surface area contributed by atoms with Crippen LogP contribution in [0.25, 0.3) is 10.9 Å². The number of nitrogens with one attached hydrogen (secondary N) is 2. The summed E-state index contributed by atoms with van der Waals surface area (Å²) in [6.07, 6.45) is 1.63. The van der Waals surface area contributed by atoms with E-state index in [0.717, 1.165) is 10.9 Å². The maximum Gasteiger partial charge on any atom is 0.257 e. The molecule has 24 heavy (non-hydrogen) atoms. The van der Waals surface area contributed by atoms with E-state index < -0.39 is 0 Å². The van der Waals surface area contributed by atoms with E-state index in [1.807, 2.05) is 0 Å². The van der Waals surface area contributed by atoms with Crippen molar-refractivity contribution in [2.45, 2.75) is 0 Å². The highest BCUT2D eigenvalue weighted by molar-refractivity contribution is 6.32. The van der Waals surface area contributed by atoms with Crippen molar-refractivity contribution in [3.63, 3.8) is 0 Å². The molecule has 5 nitrogen and oxygen atoms in total. The van der Waals surface area contributed by atoms with E-state index in [-0.39, 0.29) is 5.91 Å². The third-order valence-corrected chi connectivity index (χ3v) is 4.14. The van der Waals surface area contributed by atoms with Gasteiger partial charge in [-0.1, -0.05) is 29.3 Å². The zero-order valence-corrected chi connectivity index (χ0v) is 14.5. The van der Waals surface area contributed by atoms with Crippen LogP contribution in [-0.4, -0.2) is 25.1 Å². The van der Waals surface area contributed by atoms with Crippen molar-refractivity contribution in [1.82, 2.24) is 4.98 Å². The van der Waals surface area contributed by atoms with E-state index in [1.165, 1.54) is 14.2 Å². The van der Waals surface area contributed by atoms with Gasteiger partial charge in [-0.25, -0.2) is 0 Å². The second kappa shape index (κ2) is 6.63. The standard InChI is InChI=1S/C17H14Cl2N2O3/c1-23-15-7-14(16(24-2)6-12(15)19)21-17(22)11-8-20-13-5-9(18)3-4-10(11)13/h3-8,20H,1-2H3,(H,21,22). The molecule has 0 saturated heterocycles. The quantitative estimate of drug-likeness (QED) is 0.702. The van der Waals surface area contributed by atoms with E-state index >= 15 is 0 Å². The number of ether oxygens (including phenoxy) is 2. The Labute approximate surface area is 148 Å². The number of carbonyl (C=O) groups is 1. The first kappa shape index (κ1) is 16.5. The molecule has 2 aromatic carbocycles. The van der Waals surface area contributed by atoms with Crippen LogP contribution < -0.4 is 14.8 Å². The number of benzene rings is 2. The number of anilines is 1. The van der Waals surface area contributed by atoms with E-state index in [1.54, 1.807) is 36.5 Å². The van der Waals surface area contributed by atoms with Crippen molar-refractivity contribution >= 4 is 45.7 Å². The first-order chi connectivity index (χ1) is 11.5. The number of amides is 1. The minimum atomic E-state index is -0.286. The second-order valence-corrected chi connectivity index (χ2v) is 5.88. The van der Waals surface area contributed by atoms with E-state index in [4.69, 9.17) is 32.7 Å². The van der Waals surface area contributed by atoms with Crippen molar-refractivity contribution in [2.75, 3.05) is 19.5 Å². The fourth-order valence-electron chi connectivity index (χ4n) is 2.43. The molecule has 0 saturated carbocycles. The highest BCUT2D eigenvalue weighted by Gasteiger charge is 2.16. The number of halogens is 2. The van der Waals surface area contributed by atoms with E-state index in [9.17, 15) is 4.79 Å². The molecule has 1 amide bonds.